The number of carbonyl (C=O) groups is 3. The third-order valence-electron chi connectivity index (χ3n) is 3.64. The Morgan fingerprint density at radius 2 is 2.07 bits per heavy atom. The zero-order chi connectivity index (χ0) is 21.4. The lowest BCUT2D eigenvalue weighted by molar-refractivity contribution is -0.158. The number of nitrogens with one attached hydrogen (secondary N) is 2. The monoisotopic (exact) mass is 399 g/mol. The van der Waals surface area contributed by atoms with Gasteiger partial charge in [0.05, 0.1) is 18.7 Å². The van der Waals surface area contributed by atoms with E-state index in [4.69, 9.17) is 28.9 Å². The predicted octanol–water partition coefficient (Wildman–Crippen LogP) is -4.56. The molecular weight excluding hydrogens is 377 g/mol. The average Bonchev–Trinajstić information content (AvgIpc) is 2.62. The Balaban J connectivity index is 3.37. The lowest BCUT2D eigenvalue weighted by Gasteiger charge is -2.40. The van der Waals surface area contributed by atoms with E-state index in [9.17, 15) is 29.7 Å². The van der Waals surface area contributed by atoms with Crippen LogP contribution < -0.4 is 22.0 Å². The zero-order valence-corrected chi connectivity index (χ0v) is 14.9. The van der Waals surface area contributed by atoms with E-state index in [2.05, 4.69) is 10.3 Å². The van der Waals surface area contributed by atoms with Crippen LogP contribution in [-0.2, 0) is 23.9 Å². The molecule has 9 N–H and O–H groups in total. The molecule has 2 radical (unpaired) electrons. The Bertz CT molecular complexity index is 654. The van der Waals surface area contributed by atoms with Gasteiger partial charge in [0.25, 0.3) is 0 Å². The molecule has 28 heavy (non-hydrogen) atoms. The van der Waals surface area contributed by atoms with E-state index in [0.717, 1.165) is 6.08 Å². The van der Waals surface area contributed by atoms with Crippen LogP contribution in [0.25, 0.3) is 0 Å². The molecule has 0 saturated carbocycles. The maximum atomic E-state index is 11.6. The number of rotatable bonds is 9. The third-order valence-corrected chi connectivity index (χ3v) is 3.64. The molecule has 0 aromatic rings. The summed E-state index contributed by atoms with van der Waals surface area (Å²) in [4.78, 5) is 38.3. The van der Waals surface area contributed by atoms with Gasteiger partial charge in [-0.25, -0.2) is 9.79 Å². The number of carboxylic acids is 1. The van der Waals surface area contributed by atoms with Gasteiger partial charge in [-0.3, -0.25) is 9.59 Å². The highest BCUT2D eigenvalue weighted by atomic mass is 16.6. The fraction of sp³-hybridized carbons (Fsp3) is 0.571. The SMILES string of the molecule is [B]NC(=O)CO[C@@H]([C@@H]1OC(C(=O)O)=C[C@H](N=C(N)N)[C@H]1NC(C)=O)[C@H](O)CO. The highest BCUT2D eigenvalue weighted by Gasteiger charge is 2.45. The lowest BCUT2D eigenvalue weighted by atomic mass is 9.92. The summed E-state index contributed by atoms with van der Waals surface area (Å²) in [5.41, 5.74) is 10.7. The van der Waals surface area contributed by atoms with Crippen LogP contribution >= 0.6 is 0 Å². The minimum absolute atomic E-state index is 0.398. The standard InChI is InChI=1S/C14H22BN5O8/c1-5(22)18-10-6(19-14(16)17)2-8(13(25)26)28-12(10)11(7(23)3-21)27-4-9(24)20-15/h2,6-7,10-12,21,23H,3-4H2,1H3,(H,18,22)(H,20,24)(H,25,26)(H4,16,17,19)/t6-,7+,10+,11+,12+/m0/s1. The van der Waals surface area contributed by atoms with Gasteiger partial charge >= 0.3 is 5.97 Å². The Hall–Kier alpha value is -2.84. The highest BCUT2D eigenvalue weighted by Crippen LogP contribution is 2.26. The fourth-order valence-corrected chi connectivity index (χ4v) is 2.54. The smallest absolute Gasteiger partial charge is 0.370 e. The van der Waals surface area contributed by atoms with Gasteiger partial charge in [0.2, 0.25) is 25.6 Å². The minimum atomic E-state index is -1.61. The average molecular weight is 399 g/mol. The van der Waals surface area contributed by atoms with E-state index in [1.54, 1.807) is 5.23 Å². The maximum Gasteiger partial charge on any atom is 0.370 e. The summed E-state index contributed by atoms with van der Waals surface area (Å²) < 4.78 is 10.6. The summed E-state index contributed by atoms with van der Waals surface area (Å²) in [6.45, 7) is -0.287. The van der Waals surface area contributed by atoms with Crippen LogP contribution in [0.2, 0.25) is 0 Å². The summed E-state index contributed by atoms with van der Waals surface area (Å²) in [5.74, 6) is -3.76. The Morgan fingerprint density at radius 3 is 2.54 bits per heavy atom. The number of amides is 2. The molecule has 14 heteroatoms. The molecule has 0 aromatic carbocycles. The second-order valence-electron chi connectivity index (χ2n) is 5.78. The molecule has 1 aliphatic heterocycles. The first-order valence-corrected chi connectivity index (χ1v) is 7.98. The van der Waals surface area contributed by atoms with Gasteiger partial charge in [-0.15, -0.1) is 0 Å². The first-order valence-electron chi connectivity index (χ1n) is 7.98. The predicted molar refractivity (Wildman–Crippen MR) is 94.5 cm³/mol. The van der Waals surface area contributed by atoms with Crippen molar-refractivity contribution < 1.29 is 39.2 Å². The Kier molecular flexibility index (Phi) is 8.69. The van der Waals surface area contributed by atoms with E-state index in [-0.39, 0.29) is 0 Å². The number of carboxylic acid groups (broad SMARTS) is 1. The normalized spacial score (nSPS) is 23.4. The van der Waals surface area contributed by atoms with Gasteiger partial charge < -0.3 is 46.8 Å². The highest BCUT2D eigenvalue weighted by molar-refractivity contribution is 6.14. The van der Waals surface area contributed by atoms with E-state index in [1.165, 1.54) is 6.92 Å². The second-order valence-corrected chi connectivity index (χ2v) is 5.78. The van der Waals surface area contributed by atoms with E-state index in [1.807, 2.05) is 0 Å². The number of ether oxygens (including phenoxy) is 2. The molecular formula is C14H22BN5O8. The van der Waals surface area contributed by atoms with Gasteiger partial charge in [-0.1, -0.05) is 0 Å². The fourth-order valence-electron chi connectivity index (χ4n) is 2.54. The van der Waals surface area contributed by atoms with Crippen molar-refractivity contribution >= 4 is 31.7 Å². The van der Waals surface area contributed by atoms with Crippen molar-refractivity contribution in [3.63, 3.8) is 0 Å². The lowest BCUT2D eigenvalue weighted by Crippen LogP contribution is -2.60. The van der Waals surface area contributed by atoms with Gasteiger partial charge in [0, 0.05) is 6.92 Å². The molecule has 0 spiro atoms. The molecule has 0 bridgehead atoms. The number of hydrogen-bond acceptors (Lipinski definition) is 8. The van der Waals surface area contributed by atoms with Crippen LogP contribution in [0.4, 0.5) is 0 Å². The Morgan fingerprint density at radius 1 is 1.43 bits per heavy atom. The molecule has 0 unspecified atom stereocenters. The van der Waals surface area contributed by atoms with E-state index < -0.39 is 73.1 Å². The number of carbonyl (C=O) groups excluding carboxylic acids is 2. The second kappa shape index (κ2) is 10.5. The Labute approximate surface area is 161 Å². The molecule has 5 atom stereocenters. The number of aliphatic hydroxyl groups excluding tert-OH is 2. The van der Waals surface area contributed by atoms with E-state index in [0.29, 0.717) is 0 Å². The maximum absolute atomic E-state index is 11.6. The largest absolute Gasteiger partial charge is 0.478 e. The number of aliphatic imine (C=N–C) groups is 1. The van der Waals surface area contributed by atoms with Gasteiger partial charge in [0.1, 0.15) is 18.8 Å². The number of nitrogens with two attached hydrogens (primary N) is 2. The summed E-state index contributed by atoms with van der Waals surface area (Å²) in [6, 6.07) is -2.20. The van der Waals surface area contributed by atoms with Gasteiger partial charge in [0.15, 0.2) is 12.1 Å². The van der Waals surface area contributed by atoms with Crippen molar-refractivity contribution in [2.24, 2.45) is 16.5 Å². The third kappa shape index (κ3) is 6.40. The van der Waals surface area contributed by atoms with Crippen LogP contribution in [0.5, 0.6) is 0 Å². The van der Waals surface area contributed by atoms with Crippen molar-refractivity contribution in [2.75, 3.05) is 13.2 Å². The molecule has 1 aliphatic rings. The van der Waals surface area contributed by atoms with Crippen LogP contribution in [0, 0.1) is 0 Å². The quantitative estimate of drug-likeness (QED) is 0.112. The number of nitrogens with zero attached hydrogens (tertiary/aromatic N) is 1. The number of hydrogen-bond donors (Lipinski definition) is 7. The molecule has 1 heterocycles. The van der Waals surface area contributed by atoms with Crippen LogP contribution in [0.1, 0.15) is 6.92 Å². The molecule has 13 nitrogen and oxygen atoms in total. The summed E-state index contributed by atoms with van der Waals surface area (Å²) in [6.07, 6.45) is -3.40. The molecule has 0 saturated heterocycles. The molecule has 0 aliphatic carbocycles. The molecule has 1 rings (SSSR count). The topological polar surface area (TPSA) is 219 Å². The molecule has 2 amide bonds. The summed E-state index contributed by atoms with van der Waals surface area (Å²) in [7, 11) is 4.97. The first kappa shape index (κ1) is 23.2. The van der Waals surface area contributed by atoms with Crippen LogP contribution in [0.3, 0.4) is 0 Å². The zero-order valence-electron chi connectivity index (χ0n) is 14.9. The molecule has 0 aromatic heterocycles. The minimum Gasteiger partial charge on any atom is -0.478 e. The van der Waals surface area contributed by atoms with Crippen LogP contribution in [0.15, 0.2) is 16.8 Å². The van der Waals surface area contributed by atoms with Crippen molar-refractivity contribution in [2.45, 2.75) is 37.3 Å². The van der Waals surface area contributed by atoms with E-state index >= 15 is 0 Å². The van der Waals surface area contributed by atoms with Gasteiger partial charge in [-0.2, -0.15) is 0 Å². The van der Waals surface area contributed by atoms with Gasteiger partial charge in [-0.05, 0) is 6.08 Å². The number of guanidine groups is 1. The number of aliphatic hydroxyl groups is 2. The summed E-state index contributed by atoms with van der Waals surface area (Å²) >= 11 is 0. The van der Waals surface area contributed by atoms with Crippen molar-refractivity contribution in [1.29, 1.82) is 0 Å². The first-order chi connectivity index (χ1) is 13.1. The summed E-state index contributed by atoms with van der Waals surface area (Å²) in [5, 5.41) is 33.0. The van der Waals surface area contributed by atoms with Crippen molar-refractivity contribution in [1.82, 2.24) is 10.5 Å². The van der Waals surface area contributed by atoms with Crippen LogP contribution in [-0.4, -0.2) is 90.7 Å². The number of aliphatic carboxylic acids is 1. The molecule has 154 valence electrons. The van der Waals surface area contributed by atoms with Crippen molar-refractivity contribution in [3.05, 3.63) is 11.8 Å². The molecule has 0 fully saturated rings. The van der Waals surface area contributed by atoms with Crippen molar-refractivity contribution in [3.8, 4) is 0 Å².